The van der Waals surface area contributed by atoms with E-state index in [1.54, 1.807) is 11.3 Å². The van der Waals surface area contributed by atoms with Crippen LogP contribution in [0, 0.1) is 19.3 Å². The van der Waals surface area contributed by atoms with Gasteiger partial charge in [0.25, 0.3) is 0 Å². The number of furan rings is 1. The number of amides is 1. The SMILES string of the molecule is Cc1ccc(CN2CCC3(CC(=O)N(c4ccc(C)s4)C3)C2)o1. The van der Waals surface area contributed by atoms with Gasteiger partial charge in [0.05, 0.1) is 11.5 Å². The Kier molecular flexibility index (Phi) is 3.58. The zero-order chi connectivity index (χ0) is 16.0. The lowest BCUT2D eigenvalue weighted by atomic mass is 9.86. The van der Waals surface area contributed by atoms with E-state index in [2.05, 4.69) is 30.0 Å². The Bertz CT molecular complexity index is 735. The van der Waals surface area contributed by atoms with Gasteiger partial charge in [0.2, 0.25) is 5.91 Å². The molecule has 4 rings (SSSR count). The molecular weight excluding hydrogens is 308 g/mol. The minimum atomic E-state index is 0.122. The minimum absolute atomic E-state index is 0.122. The molecule has 0 bridgehead atoms. The molecule has 0 N–H and O–H groups in total. The van der Waals surface area contributed by atoms with Gasteiger partial charge in [-0.05, 0) is 51.1 Å². The van der Waals surface area contributed by atoms with E-state index in [0.29, 0.717) is 6.42 Å². The number of aryl methyl sites for hydroxylation is 2. The van der Waals surface area contributed by atoms with Crippen molar-refractivity contribution in [2.75, 3.05) is 24.5 Å². The van der Waals surface area contributed by atoms with Crippen LogP contribution in [-0.2, 0) is 11.3 Å². The summed E-state index contributed by atoms with van der Waals surface area (Å²) < 4.78 is 5.69. The third-order valence-corrected chi connectivity index (χ3v) is 6.03. The van der Waals surface area contributed by atoms with Crippen LogP contribution in [0.25, 0.3) is 0 Å². The predicted octanol–water partition coefficient (Wildman–Crippen LogP) is 3.59. The lowest BCUT2D eigenvalue weighted by molar-refractivity contribution is -0.117. The Labute approximate surface area is 140 Å². The Balaban J connectivity index is 1.45. The molecule has 2 aromatic rings. The number of nitrogens with zero attached hydrogens (tertiary/aromatic N) is 2. The fourth-order valence-electron chi connectivity index (χ4n) is 3.89. The van der Waals surface area contributed by atoms with E-state index in [-0.39, 0.29) is 11.3 Å². The van der Waals surface area contributed by atoms with Crippen LogP contribution in [0.4, 0.5) is 5.00 Å². The standard InChI is InChI=1S/C18H22N2O2S/c1-13-3-5-15(22-13)10-19-8-7-18(11-19)9-16(21)20(12-18)17-6-4-14(2)23-17/h3-6H,7-12H2,1-2H3. The lowest BCUT2D eigenvalue weighted by Crippen LogP contribution is -2.30. The van der Waals surface area contributed by atoms with Gasteiger partial charge in [-0.2, -0.15) is 0 Å². The summed E-state index contributed by atoms with van der Waals surface area (Å²) >= 11 is 1.71. The Morgan fingerprint density at radius 2 is 2.09 bits per heavy atom. The van der Waals surface area contributed by atoms with Crippen LogP contribution in [0.5, 0.6) is 0 Å². The molecule has 1 unspecified atom stereocenters. The number of likely N-dealkylation sites (tertiary alicyclic amines) is 1. The van der Waals surface area contributed by atoms with E-state index < -0.39 is 0 Å². The number of carbonyl (C=O) groups excluding carboxylic acids is 1. The van der Waals surface area contributed by atoms with E-state index >= 15 is 0 Å². The van der Waals surface area contributed by atoms with Crippen molar-refractivity contribution in [2.45, 2.75) is 33.2 Å². The number of anilines is 1. The van der Waals surface area contributed by atoms with Gasteiger partial charge in [0, 0.05) is 29.8 Å². The van der Waals surface area contributed by atoms with Gasteiger partial charge in [-0.3, -0.25) is 9.69 Å². The second kappa shape index (κ2) is 5.49. The summed E-state index contributed by atoms with van der Waals surface area (Å²) in [4.78, 5) is 18.2. The Morgan fingerprint density at radius 1 is 1.22 bits per heavy atom. The van der Waals surface area contributed by atoms with E-state index in [0.717, 1.165) is 49.1 Å². The summed E-state index contributed by atoms with van der Waals surface area (Å²) in [6, 6.07) is 8.25. The fourth-order valence-corrected chi connectivity index (χ4v) is 4.77. The maximum atomic E-state index is 12.5. The fraction of sp³-hybridized carbons (Fsp3) is 0.500. The molecule has 122 valence electrons. The van der Waals surface area contributed by atoms with Crippen LogP contribution in [0.15, 0.2) is 28.7 Å². The Hall–Kier alpha value is -1.59. The topological polar surface area (TPSA) is 36.7 Å². The summed E-state index contributed by atoms with van der Waals surface area (Å²) in [5.41, 5.74) is 0.122. The van der Waals surface area contributed by atoms with Crippen LogP contribution in [0.3, 0.4) is 0 Å². The average molecular weight is 330 g/mol. The van der Waals surface area contributed by atoms with E-state index in [1.165, 1.54) is 4.88 Å². The van der Waals surface area contributed by atoms with Crippen molar-refractivity contribution in [1.29, 1.82) is 0 Å². The highest BCUT2D eigenvalue weighted by Crippen LogP contribution is 2.43. The van der Waals surface area contributed by atoms with Crippen molar-refractivity contribution in [2.24, 2.45) is 5.41 Å². The lowest BCUT2D eigenvalue weighted by Gasteiger charge is -2.23. The maximum Gasteiger partial charge on any atom is 0.228 e. The Morgan fingerprint density at radius 3 is 2.78 bits per heavy atom. The molecule has 2 aromatic heterocycles. The highest BCUT2D eigenvalue weighted by atomic mass is 32.1. The van der Waals surface area contributed by atoms with E-state index in [4.69, 9.17) is 4.42 Å². The normalized spacial score (nSPS) is 25.1. The summed E-state index contributed by atoms with van der Waals surface area (Å²) in [6.45, 7) is 7.81. The molecule has 2 aliphatic heterocycles. The number of hydrogen-bond acceptors (Lipinski definition) is 4. The molecule has 0 saturated carbocycles. The molecule has 23 heavy (non-hydrogen) atoms. The molecule has 0 aliphatic carbocycles. The second-order valence-corrected chi connectivity index (χ2v) is 8.28. The molecule has 0 aromatic carbocycles. The van der Waals surface area contributed by atoms with Crippen molar-refractivity contribution in [3.05, 3.63) is 40.7 Å². The molecule has 4 nitrogen and oxygen atoms in total. The van der Waals surface area contributed by atoms with Gasteiger partial charge in [0.1, 0.15) is 11.5 Å². The largest absolute Gasteiger partial charge is 0.465 e. The molecular formula is C18H22N2O2S. The van der Waals surface area contributed by atoms with Crippen LogP contribution in [0.2, 0.25) is 0 Å². The molecule has 2 aliphatic rings. The molecule has 0 radical (unpaired) electrons. The van der Waals surface area contributed by atoms with Crippen LogP contribution in [0.1, 0.15) is 29.2 Å². The first kappa shape index (κ1) is 15.0. The first-order valence-electron chi connectivity index (χ1n) is 8.18. The van der Waals surface area contributed by atoms with E-state index in [9.17, 15) is 4.79 Å². The summed E-state index contributed by atoms with van der Waals surface area (Å²) in [7, 11) is 0. The van der Waals surface area contributed by atoms with Crippen molar-refractivity contribution in [1.82, 2.24) is 4.90 Å². The minimum Gasteiger partial charge on any atom is -0.465 e. The van der Waals surface area contributed by atoms with Crippen molar-refractivity contribution in [3.63, 3.8) is 0 Å². The first-order chi connectivity index (χ1) is 11.0. The van der Waals surface area contributed by atoms with Gasteiger partial charge < -0.3 is 9.32 Å². The van der Waals surface area contributed by atoms with Crippen molar-refractivity contribution >= 4 is 22.2 Å². The quantitative estimate of drug-likeness (QED) is 0.863. The first-order valence-corrected chi connectivity index (χ1v) is 8.99. The molecule has 1 atom stereocenters. The van der Waals surface area contributed by atoms with Gasteiger partial charge in [-0.15, -0.1) is 11.3 Å². The molecule has 1 amide bonds. The van der Waals surface area contributed by atoms with Crippen LogP contribution < -0.4 is 4.90 Å². The van der Waals surface area contributed by atoms with Gasteiger partial charge in [-0.1, -0.05) is 0 Å². The predicted molar refractivity (Wildman–Crippen MR) is 91.8 cm³/mol. The number of thiophene rings is 1. The second-order valence-electron chi connectivity index (χ2n) is 7.01. The van der Waals surface area contributed by atoms with Crippen molar-refractivity contribution in [3.8, 4) is 0 Å². The zero-order valence-corrected chi connectivity index (χ0v) is 14.5. The van der Waals surface area contributed by atoms with Gasteiger partial charge in [0.15, 0.2) is 0 Å². The van der Waals surface area contributed by atoms with Crippen LogP contribution >= 0.6 is 11.3 Å². The maximum absolute atomic E-state index is 12.5. The average Bonchev–Trinajstić information content (AvgIpc) is 3.23. The molecule has 4 heterocycles. The smallest absolute Gasteiger partial charge is 0.228 e. The van der Waals surface area contributed by atoms with Gasteiger partial charge in [-0.25, -0.2) is 0 Å². The molecule has 1 spiro atoms. The van der Waals surface area contributed by atoms with Gasteiger partial charge >= 0.3 is 0 Å². The number of hydrogen-bond donors (Lipinski definition) is 0. The monoisotopic (exact) mass is 330 g/mol. The summed E-state index contributed by atoms with van der Waals surface area (Å²) in [5, 5.41) is 1.10. The number of carbonyl (C=O) groups is 1. The summed E-state index contributed by atoms with van der Waals surface area (Å²) in [5.74, 6) is 2.27. The third-order valence-electron chi connectivity index (χ3n) is 5.01. The molecule has 5 heteroatoms. The van der Waals surface area contributed by atoms with Crippen molar-refractivity contribution < 1.29 is 9.21 Å². The van der Waals surface area contributed by atoms with E-state index in [1.807, 2.05) is 17.9 Å². The highest BCUT2D eigenvalue weighted by molar-refractivity contribution is 7.16. The zero-order valence-electron chi connectivity index (χ0n) is 13.7. The third kappa shape index (κ3) is 2.83. The summed E-state index contributed by atoms with van der Waals surface area (Å²) in [6.07, 6.45) is 1.77. The number of rotatable bonds is 3. The van der Waals surface area contributed by atoms with Crippen LogP contribution in [-0.4, -0.2) is 30.4 Å². The molecule has 2 saturated heterocycles. The highest BCUT2D eigenvalue weighted by Gasteiger charge is 2.48. The molecule has 2 fully saturated rings.